The number of carbonyl (C=O) groups excluding carboxylic acids is 1. The fourth-order valence-electron chi connectivity index (χ4n) is 3.06. The second-order valence-electron chi connectivity index (χ2n) is 6.71. The maximum absolute atomic E-state index is 13.0. The summed E-state index contributed by atoms with van der Waals surface area (Å²) >= 11 is 0. The number of non-ortho nitro benzene ring substituents is 2. The summed E-state index contributed by atoms with van der Waals surface area (Å²) in [6, 6.07) is 10.9. The van der Waals surface area contributed by atoms with Crippen LogP contribution in [0.1, 0.15) is 11.1 Å². The van der Waals surface area contributed by atoms with Gasteiger partial charge in [0.25, 0.3) is 11.4 Å². The molecule has 11 nitrogen and oxygen atoms in total. The molecule has 160 valence electrons. The number of nitro benzene ring substituents is 2. The quantitative estimate of drug-likeness (QED) is 0.305. The molecule has 0 atom stereocenters. The first-order valence-corrected chi connectivity index (χ1v) is 10.4. The fourth-order valence-corrected chi connectivity index (χ4v) is 3.74. The highest BCUT2D eigenvalue weighted by atomic mass is 31.2. The summed E-state index contributed by atoms with van der Waals surface area (Å²) in [5.41, 5.74) is 0.284. The molecule has 0 unspecified atom stereocenters. The summed E-state index contributed by atoms with van der Waals surface area (Å²) in [5.74, 6) is -0.511. The van der Waals surface area contributed by atoms with Crippen molar-refractivity contribution in [1.29, 1.82) is 0 Å². The Labute approximate surface area is 175 Å². The lowest BCUT2D eigenvalue weighted by atomic mass is 9.95. The molecule has 0 aliphatic carbocycles. The van der Waals surface area contributed by atoms with Gasteiger partial charge in [-0.15, -0.1) is 0 Å². The summed E-state index contributed by atoms with van der Waals surface area (Å²) in [6.07, 6.45) is 2.66. The van der Waals surface area contributed by atoms with Crippen LogP contribution in [0.25, 0.3) is 12.2 Å². The number of nitro groups is 2. The highest BCUT2D eigenvalue weighted by Gasteiger charge is 2.35. The van der Waals surface area contributed by atoms with E-state index >= 15 is 0 Å². The normalized spacial score (nSPS) is 17.8. The van der Waals surface area contributed by atoms with E-state index in [1.807, 2.05) is 0 Å². The standard InChI is InChI=1S/C19H16N3O8P/c23-19-15(7-13-3-1-5-17(9-13)21(24)25)11-20(31(28,29)30)12-16(19)8-14-4-2-6-18(10-14)22(26)27/h1-10H,11-12H2,(H2,28,29,30)/b15-7+,16-8+. The van der Waals surface area contributed by atoms with Crippen LogP contribution in [-0.2, 0) is 9.36 Å². The van der Waals surface area contributed by atoms with Crippen molar-refractivity contribution in [2.24, 2.45) is 0 Å². The average Bonchev–Trinajstić information content (AvgIpc) is 2.70. The Kier molecular flexibility index (Phi) is 6.23. The summed E-state index contributed by atoms with van der Waals surface area (Å²) in [5, 5.41) is 21.9. The van der Waals surface area contributed by atoms with Gasteiger partial charge in [-0.25, -0.2) is 4.57 Å². The number of Topliss-reactive ketones (excluding diaryl/α,β-unsaturated/α-hetero) is 1. The monoisotopic (exact) mass is 445 g/mol. The maximum Gasteiger partial charge on any atom is 0.403 e. The zero-order valence-corrected chi connectivity index (χ0v) is 16.7. The van der Waals surface area contributed by atoms with Gasteiger partial charge in [0.15, 0.2) is 5.78 Å². The van der Waals surface area contributed by atoms with Gasteiger partial charge in [-0.1, -0.05) is 24.3 Å². The SMILES string of the molecule is O=C1/C(=C/c2cccc([N+](=O)[O-])c2)CN(P(=O)(O)O)C/C1=C\c1cccc([N+](=O)[O-])c1. The molecule has 1 saturated heterocycles. The van der Waals surface area contributed by atoms with Crippen molar-refractivity contribution in [1.82, 2.24) is 4.67 Å². The predicted molar refractivity (Wildman–Crippen MR) is 111 cm³/mol. The first kappa shape index (κ1) is 22.2. The summed E-state index contributed by atoms with van der Waals surface area (Å²) < 4.78 is 12.6. The molecule has 0 amide bonds. The van der Waals surface area contributed by atoms with Gasteiger partial charge in [0.05, 0.1) is 9.85 Å². The van der Waals surface area contributed by atoms with Crippen molar-refractivity contribution in [2.75, 3.05) is 13.1 Å². The number of carbonyl (C=O) groups is 1. The molecule has 0 spiro atoms. The van der Waals surface area contributed by atoms with Crippen molar-refractivity contribution in [2.45, 2.75) is 0 Å². The summed E-state index contributed by atoms with van der Waals surface area (Å²) in [4.78, 5) is 53.0. The Bertz CT molecular complexity index is 1100. The van der Waals surface area contributed by atoms with E-state index in [1.165, 1.54) is 60.7 Å². The molecule has 31 heavy (non-hydrogen) atoms. The molecule has 2 N–H and O–H groups in total. The van der Waals surface area contributed by atoms with Crippen LogP contribution >= 0.6 is 7.75 Å². The van der Waals surface area contributed by atoms with E-state index < -0.39 is 23.4 Å². The molecule has 0 saturated carbocycles. The van der Waals surface area contributed by atoms with E-state index in [-0.39, 0.29) is 35.6 Å². The minimum atomic E-state index is -4.72. The predicted octanol–water partition coefficient (Wildman–Crippen LogP) is 2.95. The number of nitrogens with zero attached hydrogens (tertiary/aromatic N) is 3. The minimum Gasteiger partial charge on any atom is -0.312 e. The van der Waals surface area contributed by atoms with Crippen molar-refractivity contribution in [3.05, 3.63) is 91.0 Å². The van der Waals surface area contributed by atoms with E-state index in [9.17, 15) is 39.4 Å². The van der Waals surface area contributed by atoms with Gasteiger partial charge in [0.2, 0.25) is 0 Å². The Balaban J connectivity index is 2.05. The molecule has 0 radical (unpaired) electrons. The van der Waals surface area contributed by atoms with Gasteiger partial charge >= 0.3 is 7.75 Å². The van der Waals surface area contributed by atoms with Crippen LogP contribution in [0.15, 0.2) is 59.7 Å². The second-order valence-corrected chi connectivity index (χ2v) is 8.30. The Morgan fingerprint density at radius 2 is 1.29 bits per heavy atom. The van der Waals surface area contributed by atoms with Crippen molar-refractivity contribution in [3.63, 3.8) is 0 Å². The van der Waals surface area contributed by atoms with Crippen LogP contribution < -0.4 is 0 Å². The number of ketones is 1. The van der Waals surface area contributed by atoms with Crippen LogP contribution in [0.4, 0.5) is 11.4 Å². The highest BCUT2D eigenvalue weighted by Crippen LogP contribution is 2.43. The third-order valence-electron chi connectivity index (χ3n) is 4.50. The first-order chi connectivity index (χ1) is 14.5. The molecule has 2 aromatic rings. The third-order valence-corrected chi connectivity index (χ3v) is 5.52. The van der Waals surface area contributed by atoms with E-state index in [0.29, 0.717) is 11.1 Å². The van der Waals surface area contributed by atoms with E-state index in [2.05, 4.69) is 0 Å². The second kappa shape index (κ2) is 8.70. The summed E-state index contributed by atoms with van der Waals surface area (Å²) in [7, 11) is -4.72. The van der Waals surface area contributed by atoms with Gasteiger partial charge in [0, 0.05) is 48.5 Å². The topological polar surface area (TPSA) is 164 Å². The minimum absolute atomic E-state index is 0.0201. The largest absolute Gasteiger partial charge is 0.403 e. The molecule has 1 aliphatic rings. The zero-order chi connectivity index (χ0) is 22.8. The molecule has 1 aliphatic heterocycles. The summed E-state index contributed by atoms with van der Waals surface area (Å²) in [6.45, 7) is -0.726. The molecule has 2 aromatic carbocycles. The van der Waals surface area contributed by atoms with Gasteiger partial charge in [-0.05, 0) is 23.3 Å². The molecule has 1 fully saturated rings. The van der Waals surface area contributed by atoms with Crippen LogP contribution in [0.3, 0.4) is 0 Å². The fraction of sp³-hybridized carbons (Fsp3) is 0.105. The Hall–Kier alpha value is -3.50. The molecule has 1 heterocycles. The van der Waals surface area contributed by atoms with Crippen LogP contribution in [0.5, 0.6) is 0 Å². The van der Waals surface area contributed by atoms with E-state index in [4.69, 9.17) is 0 Å². The number of benzene rings is 2. The van der Waals surface area contributed by atoms with Crippen molar-refractivity contribution in [3.8, 4) is 0 Å². The van der Waals surface area contributed by atoms with E-state index in [0.717, 1.165) is 4.67 Å². The molecular weight excluding hydrogens is 429 g/mol. The van der Waals surface area contributed by atoms with Crippen LogP contribution in [-0.4, -0.2) is 43.2 Å². The third kappa shape index (κ3) is 5.36. The molecule has 3 rings (SSSR count). The van der Waals surface area contributed by atoms with Crippen LogP contribution in [0, 0.1) is 20.2 Å². The lowest BCUT2D eigenvalue weighted by molar-refractivity contribution is -0.385. The highest BCUT2D eigenvalue weighted by molar-refractivity contribution is 7.49. The van der Waals surface area contributed by atoms with E-state index in [1.54, 1.807) is 0 Å². The number of hydrogen-bond acceptors (Lipinski definition) is 6. The zero-order valence-electron chi connectivity index (χ0n) is 15.8. The smallest absolute Gasteiger partial charge is 0.312 e. The average molecular weight is 445 g/mol. The molecule has 0 aromatic heterocycles. The molecule has 0 bridgehead atoms. The lowest BCUT2D eigenvalue weighted by Gasteiger charge is -2.29. The number of piperidine rings is 1. The van der Waals surface area contributed by atoms with Gasteiger partial charge in [-0.2, -0.15) is 4.67 Å². The van der Waals surface area contributed by atoms with Crippen LogP contribution in [0.2, 0.25) is 0 Å². The first-order valence-electron chi connectivity index (χ1n) is 8.80. The van der Waals surface area contributed by atoms with Crippen molar-refractivity contribution < 1.29 is 29.0 Å². The lowest BCUT2D eigenvalue weighted by Crippen LogP contribution is -2.35. The Morgan fingerprint density at radius 3 is 1.65 bits per heavy atom. The maximum atomic E-state index is 13.0. The Morgan fingerprint density at radius 1 is 0.871 bits per heavy atom. The number of hydrogen-bond donors (Lipinski definition) is 2. The van der Waals surface area contributed by atoms with Gasteiger partial charge in [-0.3, -0.25) is 25.0 Å². The molecular formula is C19H16N3O8P. The number of rotatable bonds is 5. The van der Waals surface area contributed by atoms with Gasteiger partial charge in [0.1, 0.15) is 0 Å². The van der Waals surface area contributed by atoms with Gasteiger partial charge < -0.3 is 9.79 Å². The van der Waals surface area contributed by atoms with Crippen molar-refractivity contribution >= 4 is 37.1 Å². The molecule has 12 heteroatoms.